The summed E-state index contributed by atoms with van der Waals surface area (Å²) in [5, 5.41) is 7.42. The predicted octanol–water partition coefficient (Wildman–Crippen LogP) is 16.4. The van der Waals surface area contributed by atoms with E-state index >= 15 is 0 Å². The molecular weight excluding hydrogens is 1130 g/mol. The van der Waals surface area contributed by atoms with Gasteiger partial charge in [-0.15, -0.1) is 12.4 Å². The number of carbonyl (C=O) groups is 1. The van der Waals surface area contributed by atoms with Gasteiger partial charge in [0.1, 0.15) is 0 Å². The minimum atomic E-state index is -2.30. The first-order valence-electron chi connectivity index (χ1n) is 27.2. The van der Waals surface area contributed by atoms with Crippen LogP contribution in [0.15, 0.2) is 119 Å². The first kappa shape index (κ1) is 76.3. The molecular formula is C62H111ClN6O2Sn2. The van der Waals surface area contributed by atoms with Crippen molar-refractivity contribution in [2.24, 2.45) is 32.9 Å². The fourth-order valence-corrected chi connectivity index (χ4v) is 40.9. The van der Waals surface area contributed by atoms with E-state index in [-0.39, 0.29) is 39.2 Å². The number of benzene rings is 4. The number of hydrogen-bond acceptors (Lipinski definition) is 3. The van der Waals surface area contributed by atoms with Gasteiger partial charge in [0, 0.05) is 6.92 Å². The van der Waals surface area contributed by atoms with Gasteiger partial charge >= 0.3 is 294 Å². The van der Waals surface area contributed by atoms with E-state index in [1.165, 1.54) is 126 Å². The molecule has 416 valence electrons. The third-order valence-corrected chi connectivity index (χ3v) is 45.5. The summed E-state index contributed by atoms with van der Waals surface area (Å²) in [6, 6.07) is 39.6. The molecule has 0 radical (unpaired) electrons. The van der Waals surface area contributed by atoms with Crippen LogP contribution in [-0.2, 0) is 17.9 Å². The molecule has 0 heterocycles. The van der Waals surface area contributed by atoms with Crippen molar-refractivity contribution in [3.63, 3.8) is 0 Å². The Balaban J connectivity index is -0.000000442. The van der Waals surface area contributed by atoms with Crippen molar-refractivity contribution in [3.8, 4) is 0 Å². The molecule has 2 unspecified atom stereocenters. The largest absolute Gasteiger partial charge is 0.147 e. The predicted molar refractivity (Wildman–Crippen MR) is 336 cm³/mol. The number of unbranched alkanes of at least 4 members (excludes halogenated alkanes) is 4. The van der Waals surface area contributed by atoms with Crippen LogP contribution in [0.1, 0.15) is 202 Å². The van der Waals surface area contributed by atoms with Crippen LogP contribution in [0.3, 0.4) is 0 Å². The van der Waals surface area contributed by atoms with Crippen LogP contribution < -0.4 is 30.1 Å². The van der Waals surface area contributed by atoms with Crippen molar-refractivity contribution in [1.82, 2.24) is 0 Å². The second kappa shape index (κ2) is 47.2. The standard InChI is InChI=1S/2C10H14.2C8H10N3.4C4H9.2C3H7.C2H4O2.2CH4.ClH.2Sn/c2*1-3-9(2)10-7-5-4-6-8-10;2*9-8(10)11-6-7-4-2-1-3-5-7;4*1-3-4-2;2*1-3-2;1-2(3)4;;;;;/h2*4-9H,3H2,1-2H3;2*1-2,4-5H,6H2,(H4,9,10,11);4*1,3-4H2,2H3;2*1,3H2,2H3;1H3,(H,3,4);2*1H4;1H;;. The van der Waals surface area contributed by atoms with Crippen molar-refractivity contribution >= 4 is 74.2 Å². The van der Waals surface area contributed by atoms with E-state index in [2.05, 4.69) is 188 Å². The average molecular weight is 1250 g/mol. The van der Waals surface area contributed by atoms with Gasteiger partial charge in [-0.05, 0) is 35.8 Å². The number of guanidine groups is 2. The maximum absolute atomic E-state index is 9.00. The summed E-state index contributed by atoms with van der Waals surface area (Å²) in [6.07, 6.45) is 15.9. The summed E-state index contributed by atoms with van der Waals surface area (Å²) in [6.45, 7) is 25.2. The van der Waals surface area contributed by atoms with Crippen molar-refractivity contribution in [3.05, 3.63) is 131 Å². The Morgan fingerprint density at radius 3 is 1.00 bits per heavy atom. The van der Waals surface area contributed by atoms with Crippen LogP contribution in [0, 0.1) is 0 Å². The number of nitrogens with two attached hydrogens (primary N) is 4. The summed E-state index contributed by atoms with van der Waals surface area (Å²) in [5.41, 5.74) is 27.3. The number of carboxylic acids is 1. The monoisotopic (exact) mass is 1250 g/mol. The van der Waals surface area contributed by atoms with Crippen LogP contribution in [0.25, 0.3) is 0 Å². The van der Waals surface area contributed by atoms with Crippen LogP contribution in [0.5, 0.6) is 0 Å². The van der Waals surface area contributed by atoms with E-state index in [4.69, 9.17) is 32.8 Å². The van der Waals surface area contributed by atoms with Gasteiger partial charge in [-0.1, -0.05) is 103 Å². The Morgan fingerprint density at radius 1 is 0.479 bits per heavy atom. The van der Waals surface area contributed by atoms with Gasteiger partial charge in [-0.25, -0.2) is 0 Å². The molecule has 4 aromatic rings. The van der Waals surface area contributed by atoms with Gasteiger partial charge in [0.05, 0.1) is 0 Å². The van der Waals surface area contributed by atoms with Crippen LogP contribution >= 0.6 is 12.4 Å². The molecule has 9 N–H and O–H groups in total. The van der Waals surface area contributed by atoms with E-state index in [0.29, 0.717) is 24.9 Å². The number of hydrogen-bond donors (Lipinski definition) is 5. The van der Waals surface area contributed by atoms with Crippen molar-refractivity contribution in [1.29, 1.82) is 0 Å². The molecule has 0 fully saturated rings. The average Bonchev–Trinajstić information content (AvgIpc) is 3.37. The van der Waals surface area contributed by atoms with Crippen molar-refractivity contribution in [2.75, 3.05) is 0 Å². The van der Waals surface area contributed by atoms with E-state index in [1.54, 1.807) is 7.16 Å². The number of nitrogens with zero attached hydrogens (tertiary/aromatic N) is 2. The number of halogens is 1. The minimum absolute atomic E-state index is 0. The molecule has 0 aliphatic heterocycles. The molecule has 0 saturated heterocycles. The van der Waals surface area contributed by atoms with Gasteiger partial charge in [0.15, 0.2) is 0 Å². The molecule has 11 heteroatoms. The Hall–Kier alpha value is -3.22. The minimum Gasteiger partial charge on any atom is -0.147 e. The quantitative estimate of drug-likeness (QED) is 0.0238. The molecule has 4 aromatic carbocycles. The van der Waals surface area contributed by atoms with Crippen LogP contribution in [0.2, 0.25) is 26.6 Å². The summed E-state index contributed by atoms with van der Waals surface area (Å²) in [7, 11) is 0. The topological polar surface area (TPSA) is 166 Å². The molecule has 0 spiro atoms. The number of rotatable bonds is 26. The Kier molecular flexibility index (Phi) is 49.4. The van der Waals surface area contributed by atoms with E-state index in [9.17, 15) is 0 Å². The number of aliphatic imine (C=N–C) groups is 2. The summed E-state index contributed by atoms with van der Waals surface area (Å²) in [4.78, 5) is 17.4. The number of aliphatic carboxylic acids is 1. The Morgan fingerprint density at radius 2 is 0.767 bits per heavy atom. The summed E-state index contributed by atoms with van der Waals surface area (Å²) >= 11 is -4.59. The van der Waals surface area contributed by atoms with E-state index in [1.807, 2.05) is 0 Å². The molecule has 2 atom stereocenters. The van der Waals surface area contributed by atoms with Gasteiger partial charge in [0.25, 0.3) is 5.97 Å². The van der Waals surface area contributed by atoms with Gasteiger partial charge in [0.2, 0.25) is 0 Å². The summed E-state index contributed by atoms with van der Waals surface area (Å²) < 4.78 is 12.3. The SMILES string of the molecule is C.C.CC(=O)O.CCC(C)c1ccccc1.CCC(C)c1ccccc1.CCC[CH2][Sn]([CH2]CC)([CH2]CCC)[c]1cccc(CN=C(N)N)c1.CCC[CH2][Sn]([CH2]CC)([CH2]CCC)[c]1cccc(CN=C(N)N)c1.Cl. The van der Waals surface area contributed by atoms with Crippen LogP contribution in [0.4, 0.5) is 0 Å². The molecule has 8 nitrogen and oxygen atoms in total. The maximum atomic E-state index is 9.00. The van der Waals surface area contributed by atoms with E-state index < -0.39 is 42.7 Å². The van der Waals surface area contributed by atoms with Crippen LogP contribution in [-0.4, -0.2) is 59.7 Å². The molecule has 0 aliphatic carbocycles. The first-order chi connectivity index (χ1) is 33.6. The molecule has 0 amide bonds. The van der Waals surface area contributed by atoms with E-state index in [0.717, 1.165) is 6.92 Å². The summed E-state index contributed by atoms with van der Waals surface area (Å²) in [5.74, 6) is 0.939. The second-order valence-corrected chi connectivity index (χ2v) is 45.8. The second-order valence-electron chi connectivity index (χ2n) is 19.3. The molecule has 0 saturated carbocycles. The smallest absolute Gasteiger partial charge is 0.147 e. The molecule has 4 rings (SSSR count). The Labute approximate surface area is 464 Å². The van der Waals surface area contributed by atoms with Gasteiger partial charge in [-0.3, -0.25) is 4.79 Å². The zero-order valence-corrected chi connectivity index (χ0v) is 53.2. The van der Waals surface area contributed by atoms with Crippen molar-refractivity contribution in [2.45, 2.75) is 220 Å². The number of carboxylic acid groups (broad SMARTS) is 1. The molecule has 0 aromatic heterocycles. The third kappa shape index (κ3) is 34.1. The third-order valence-electron chi connectivity index (χ3n) is 13.4. The normalized spacial score (nSPS) is 11.1. The van der Waals surface area contributed by atoms with Crippen molar-refractivity contribution < 1.29 is 9.90 Å². The van der Waals surface area contributed by atoms with Gasteiger partial charge < -0.3 is 5.11 Å². The Bertz CT molecular complexity index is 1800. The van der Waals surface area contributed by atoms with Gasteiger partial charge in [-0.2, -0.15) is 0 Å². The zero-order valence-electron chi connectivity index (χ0n) is 46.7. The molecule has 0 aliphatic rings. The molecule has 73 heavy (non-hydrogen) atoms. The molecule has 0 bridgehead atoms. The fraction of sp³-hybridized carbons (Fsp3) is 0.565. The fourth-order valence-electron chi connectivity index (χ4n) is 9.03. The maximum Gasteiger partial charge on any atom is -0.147 e. The zero-order chi connectivity index (χ0) is 52.6. The first-order valence-corrected chi connectivity index (χ1v) is 42.1.